The molecule has 4 aromatic heterocycles. The largest absolute Gasteiger partial charge is 0.476 e. The minimum absolute atomic E-state index is 0.00378. The van der Waals surface area contributed by atoms with Crippen LogP contribution in [-0.4, -0.2) is 48.3 Å². The molecule has 1 aliphatic carbocycles. The SMILES string of the molecule is Cc1c(-c2ccc(N3CCc4cccc(C(=O)Nc5nc6ncccc6s5)c4C3)nc2C(=O)O)cnn1CC1CCCCC1. The van der Waals surface area contributed by atoms with Gasteiger partial charge in [-0.05, 0) is 73.6 Å². The number of pyridine rings is 2. The molecule has 1 aromatic carbocycles. The van der Waals surface area contributed by atoms with E-state index in [1.807, 2.05) is 59.0 Å². The van der Waals surface area contributed by atoms with E-state index in [4.69, 9.17) is 0 Å². The number of hydrogen-bond acceptors (Lipinski definition) is 8. The summed E-state index contributed by atoms with van der Waals surface area (Å²) in [7, 11) is 0. The van der Waals surface area contributed by atoms with Crippen molar-refractivity contribution >= 4 is 44.5 Å². The summed E-state index contributed by atoms with van der Waals surface area (Å²) in [6, 6.07) is 13.2. The molecule has 1 saturated carbocycles. The molecule has 2 N–H and O–H groups in total. The Labute approximate surface area is 258 Å². The number of carboxylic acids is 1. The van der Waals surface area contributed by atoms with E-state index >= 15 is 0 Å². The maximum Gasteiger partial charge on any atom is 0.355 e. The molecule has 1 aliphatic heterocycles. The number of aromatic carboxylic acids is 1. The molecule has 0 bridgehead atoms. The van der Waals surface area contributed by atoms with Gasteiger partial charge in [0.05, 0.1) is 10.9 Å². The third-order valence-corrected chi connectivity index (χ3v) is 9.78. The maximum absolute atomic E-state index is 13.4. The highest BCUT2D eigenvalue weighted by Crippen LogP contribution is 2.33. The van der Waals surface area contributed by atoms with Crippen LogP contribution in [0.1, 0.15) is 69.8 Å². The molecule has 0 unspecified atom stereocenters. The molecule has 5 aromatic rings. The van der Waals surface area contributed by atoms with Gasteiger partial charge in [-0.1, -0.05) is 42.7 Å². The van der Waals surface area contributed by atoms with Gasteiger partial charge in [0.2, 0.25) is 0 Å². The zero-order chi connectivity index (χ0) is 30.2. The molecule has 11 heteroatoms. The number of hydrogen-bond donors (Lipinski definition) is 2. The minimum Gasteiger partial charge on any atom is -0.476 e. The zero-order valence-electron chi connectivity index (χ0n) is 24.5. The Hall–Kier alpha value is -4.64. The number of carbonyl (C=O) groups is 2. The lowest BCUT2D eigenvalue weighted by molar-refractivity contribution is 0.0691. The molecule has 7 rings (SSSR count). The van der Waals surface area contributed by atoms with Crippen molar-refractivity contribution in [3.8, 4) is 11.1 Å². The second-order valence-corrected chi connectivity index (χ2v) is 12.6. The zero-order valence-corrected chi connectivity index (χ0v) is 25.3. The Morgan fingerprint density at radius 1 is 1.05 bits per heavy atom. The normalized spacial score (nSPS) is 15.3. The summed E-state index contributed by atoms with van der Waals surface area (Å²) in [6.07, 6.45) is 10.4. The number of fused-ring (bicyclic) bond motifs is 2. The van der Waals surface area contributed by atoms with E-state index < -0.39 is 5.97 Å². The molecular weight excluding hydrogens is 574 g/mol. The molecule has 0 spiro atoms. The fourth-order valence-electron chi connectivity index (χ4n) is 6.49. The number of anilines is 2. The molecule has 10 nitrogen and oxygen atoms in total. The summed E-state index contributed by atoms with van der Waals surface area (Å²) in [5, 5.41) is 18.3. The molecular formula is C33H33N7O3S. The van der Waals surface area contributed by atoms with Crippen LogP contribution in [0.15, 0.2) is 54.9 Å². The van der Waals surface area contributed by atoms with E-state index in [0.29, 0.717) is 53.2 Å². The molecule has 44 heavy (non-hydrogen) atoms. The average Bonchev–Trinajstić information content (AvgIpc) is 3.62. The van der Waals surface area contributed by atoms with Gasteiger partial charge in [-0.2, -0.15) is 10.1 Å². The van der Waals surface area contributed by atoms with Gasteiger partial charge in [0, 0.05) is 48.2 Å². The second kappa shape index (κ2) is 11.8. The van der Waals surface area contributed by atoms with E-state index in [2.05, 4.69) is 25.4 Å². The number of aromatic nitrogens is 5. The molecule has 0 atom stereocenters. The van der Waals surface area contributed by atoms with Crippen molar-refractivity contribution < 1.29 is 14.7 Å². The summed E-state index contributed by atoms with van der Waals surface area (Å²) in [6.45, 7) is 3.96. The first-order valence-electron chi connectivity index (χ1n) is 15.1. The van der Waals surface area contributed by atoms with Gasteiger partial charge in [-0.15, -0.1) is 0 Å². The van der Waals surface area contributed by atoms with Crippen molar-refractivity contribution in [3.63, 3.8) is 0 Å². The predicted octanol–water partition coefficient (Wildman–Crippen LogP) is 6.35. The van der Waals surface area contributed by atoms with Crippen LogP contribution >= 0.6 is 11.3 Å². The van der Waals surface area contributed by atoms with E-state index in [-0.39, 0.29) is 11.6 Å². The van der Waals surface area contributed by atoms with Gasteiger partial charge in [-0.3, -0.25) is 14.8 Å². The number of benzene rings is 1. The van der Waals surface area contributed by atoms with Gasteiger partial charge in [0.1, 0.15) is 5.82 Å². The molecule has 1 amide bonds. The van der Waals surface area contributed by atoms with Gasteiger partial charge < -0.3 is 10.0 Å². The lowest BCUT2D eigenvalue weighted by Crippen LogP contribution is -2.33. The molecule has 0 radical (unpaired) electrons. The number of carboxylic acid groups (broad SMARTS) is 1. The minimum atomic E-state index is -1.08. The Morgan fingerprint density at radius 2 is 1.91 bits per heavy atom. The summed E-state index contributed by atoms with van der Waals surface area (Å²) in [4.78, 5) is 41.3. The fourth-order valence-corrected chi connectivity index (χ4v) is 7.31. The van der Waals surface area contributed by atoms with Crippen LogP contribution < -0.4 is 10.2 Å². The number of carbonyl (C=O) groups excluding carboxylic acids is 1. The highest BCUT2D eigenvalue weighted by molar-refractivity contribution is 7.22. The molecule has 224 valence electrons. The van der Waals surface area contributed by atoms with Crippen molar-refractivity contribution in [1.82, 2.24) is 24.7 Å². The third kappa shape index (κ3) is 5.43. The first-order valence-corrected chi connectivity index (χ1v) is 15.9. The molecule has 1 fully saturated rings. The summed E-state index contributed by atoms with van der Waals surface area (Å²) >= 11 is 1.38. The number of amides is 1. The van der Waals surface area contributed by atoms with Gasteiger partial charge >= 0.3 is 5.97 Å². The Kier molecular flexibility index (Phi) is 7.55. The monoisotopic (exact) mass is 607 g/mol. The second-order valence-electron chi connectivity index (χ2n) is 11.6. The van der Waals surface area contributed by atoms with Crippen molar-refractivity contribution in [2.24, 2.45) is 5.92 Å². The van der Waals surface area contributed by atoms with E-state index in [1.54, 1.807) is 12.4 Å². The van der Waals surface area contributed by atoms with Gasteiger partial charge in [0.15, 0.2) is 16.5 Å². The van der Waals surface area contributed by atoms with Gasteiger partial charge in [-0.25, -0.2) is 14.8 Å². The van der Waals surface area contributed by atoms with Crippen molar-refractivity contribution in [3.05, 3.63) is 82.9 Å². The van der Waals surface area contributed by atoms with Crippen LogP contribution in [0.25, 0.3) is 21.5 Å². The van der Waals surface area contributed by atoms with E-state index in [1.165, 1.54) is 43.4 Å². The number of rotatable bonds is 7. The van der Waals surface area contributed by atoms with E-state index in [0.717, 1.165) is 33.6 Å². The van der Waals surface area contributed by atoms with Gasteiger partial charge in [0.25, 0.3) is 5.91 Å². The predicted molar refractivity (Wildman–Crippen MR) is 170 cm³/mol. The third-order valence-electron chi connectivity index (χ3n) is 8.86. The highest BCUT2D eigenvalue weighted by atomic mass is 32.1. The standard InChI is InChI=1S/C33H33N7O3S/c1-20-25(17-35-40(20)18-21-7-3-2-4-8-21)23-12-13-28(36-29(23)32(42)43)39-16-14-22-9-5-10-24(26(22)19-39)31(41)38-33-37-30-27(44-33)11-6-15-34-30/h5-6,9-13,15,17,21H,2-4,7-8,14,16,18-19H2,1H3,(H,42,43)(H,34,37,38,41). The first kappa shape index (κ1) is 28.1. The van der Waals surface area contributed by atoms with Crippen molar-refractivity contribution in [2.75, 3.05) is 16.8 Å². The number of thiazole rings is 1. The van der Waals surface area contributed by atoms with Crippen LogP contribution in [0.4, 0.5) is 10.9 Å². The smallest absolute Gasteiger partial charge is 0.355 e. The Balaban J connectivity index is 1.14. The molecule has 2 aliphatic rings. The van der Waals surface area contributed by atoms with Crippen LogP contribution in [0.3, 0.4) is 0 Å². The van der Waals surface area contributed by atoms with Crippen LogP contribution in [0.2, 0.25) is 0 Å². The highest BCUT2D eigenvalue weighted by Gasteiger charge is 2.26. The van der Waals surface area contributed by atoms with Crippen LogP contribution in [0.5, 0.6) is 0 Å². The quantitative estimate of drug-likeness (QED) is 0.219. The van der Waals surface area contributed by atoms with Crippen molar-refractivity contribution in [2.45, 2.75) is 58.5 Å². The molecule has 0 saturated heterocycles. The van der Waals surface area contributed by atoms with E-state index in [9.17, 15) is 14.7 Å². The van der Waals surface area contributed by atoms with Crippen molar-refractivity contribution in [1.29, 1.82) is 0 Å². The first-order chi connectivity index (χ1) is 21.4. The number of nitrogens with one attached hydrogen (secondary N) is 1. The lowest BCUT2D eigenvalue weighted by atomic mass is 9.89. The Morgan fingerprint density at radius 3 is 2.73 bits per heavy atom. The summed E-state index contributed by atoms with van der Waals surface area (Å²) in [5.74, 6) is -0.139. The topological polar surface area (TPSA) is 126 Å². The molecule has 5 heterocycles. The van der Waals surface area contributed by atoms with Crippen LogP contribution in [-0.2, 0) is 19.5 Å². The average molecular weight is 608 g/mol. The maximum atomic E-state index is 13.4. The number of nitrogens with zero attached hydrogens (tertiary/aromatic N) is 6. The Bertz CT molecular complexity index is 1840. The fraction of sp³-hybridized carbons (Fsp3) is 0.333. The lowest BCUT2D eigenvalue weighted by Gasteiger charge is -2.31. The summed E-state index contributed by atoms with van der Waals surface area (Å²) in [5.41, 5.74) is 5.49. The van der Waals surface area contributed by atoms with Crippen LogP contribution in [0, 0.1) is 12.8 Å². The summed E-state index contributed by atoms with van der Waals surface area (Å²) < 4.78 is 2.92.